The van der Waals surface area contributed by atoms with E-state index < -0.39 is 0 Å². The molecule has 6 nitrogen and oxygen atoms in total. The average molecular weight is 338 g/mol. The topological polar surface area (TPSA) is 76.6 Å². The van der Waals surface area contributed by atoms with E-state index in [1.165, 1.54) is 0 Å². The first-order valence-corrected chi connectivity index (χ1v) is 8.07. The van der Waals surface area contributed by atoms with E-state index in [2.05, 4.69) is 10.2 Å². The van der Waals surface area contributed by atoms with Crippen molar-refractivity contribution in [1.29, 1.82) is 0 Å². The van der Waals surface area contributed by atoms with Crippen LogP contribution in [0.3, 0.4) is 0 Å². The number of aromatic nitrogens is 2. The number of aromatic amines is 1. The molecule has 6 heteroatoms. The zero-order chi connectivity index (χ0) is 17.2. The third-order valence-electron chi connectivity index (χ3n) is 4.17. The monoisotopic (exact) mass is 338 g/mol. The van der Waals surface area contributed by atoms with Gasteiger partial charge in [0.15, 0.2) is 11.5 Å². The largest absolute Gasteiger partial charge is 0.507 e. The number of fused-ring (bicyclic) bond motifs is 1. The fourth-order valence-electron chi connectivity index (χ4n) is 2.89. The molecule has 0 aliphatic carbocycles. The van der Waals surface area contributed by atoms with Crippen LogP contribution in [0.1, 0.15) is 6.42 Å². The van der Waals surface area contributed by atoms with Crippen LogP contribution in [0.25, 0.3) is 22.4 Å². The minimum absolute atomic E-state index is 0.165. The van der Waals surface area contributed by atoms with Crippen LogP contribution >= 0.6 is 0 Å². The number of hydrogen-bond acceptors (Lipinski definition) is 5. The number of hydrogen-bond donors (Lipinski definition) is 2. The van der Waals surface area contributed by atoms with Gasteiger partial charge in [-0.1, -0.05) is 0 Å². The summed E-state index contributed by atoms with van der Waals surface area (Å²) in [5.74, 6) is 2.29. The summed E-state index contributed by atoms with van der Waals surface area (Å²) in [6.07, 6.45) is 2.55. The lowest BCUT2D eigenvalue weighted by Gasteiger charge is -2.11. The third-order valence-corrected chi connectivity index (χ3v) is 4.17. The SMILES string of the molecule is COc1ccc(O)c(-c2cn[nH]c2-c2ccc3c(c2)OCCCO3)c1. The predicted octanol–water partition coefficient (Wildman–Crippen LogP) is 3.62. The number of methoxy groups -OCH3 is 1. The molecule has 0 saturated carbocycles. The van der Waals surface area contributed by atoms with Gasteiger partial charge in [-0.15, -0.1) is 0 Å². The van der Waals surface area contributed by atoms with Crippen LogP contribution in [0.15, 0.2) is 42.6 Å². The quantitative estimate of drug-likeness (QED) is 0.763. The summed E-state index contributed by atoms with van der Waals surface area (Å²) < 4.78 is 16.7. The van der Waals surface area contributed by atoms with Crippen LogP contribution in [0.4, 0.5) is 0 Å². The molecule has 3 aromatic rings. The van der Waals surface area contributed by atoms with Gasteiger partial charge in [0.25, 0.3) is 0 Å². The van der Waals surface area contributed by atoms with E-state index in [1.807, 2.05) is 18.2 Å². The summed E-state index contributed by atoms with van der Waals surface area (Å²) in [6, 6.07) is 10.9. The number of nitrogens with zero attached hydrogens (tertiary/aromatic N) is 1. The minimum Gasteiger partial charge on any atom is -0.507 e. The van der Waals surface area contributed by atoms with E-state index in [1.54, 1.807) is 31.5 Å². The average Bonchev–Trinajstić information content (AvgIpc) is 3.00. The molecule has 25 heavy (non-hydrogen) atoms. The van der Waals surface area contributed by atoms with E-state index in [0.29, 0.717) is 30.3 Å². The second kappa shape index (κ2) is 6.39. The lowest BCUT2D eigenvalue weighted by Crippen LogP contribution is -1.97. The number of phenolic OH excluding ortho intramolecular Hbond substituents is 1. The van der Waals surface area contributed by atoms with Crippen molar-refractivity contribution in [3.05, 3.63) is 42.6 Å². The molecule has 0 unspecified atom stereocenters. The van der Waals surface area contributed by atoms with E-state index in [4.69, 9.17) is 14.2 Å². The standard InChI is InChI=1S/C19H18N2O4/c1-23-13-4-5-16(22)14(10-13)15-11-20-21-19(15)12-3-6-17-18(9-12)25-8-2-7-24-17/h3-6,9-11,22H,2,7-8H2,1H3,(H,20,21). The number of nitrogens with one attached hydrogen (secondary N) is 1. The van der Waals surface area contributed by atoms with Crippen LogP contribution in [0.5, 0.6) is 23.0 Å². The lowest BCUT2D eigenvalue weighted by molar-refractivity contribution is 0.297. The van der Waals surface area contributed by atoms with Crippen molar-refractivity contribution in [2.24, 2.45) is 0 Å². The van der Waals surface area contributed by atoms with Crippen LogP contribution in [-0.4, -0.2) is 35.6 Å². The van der Waals surface area contributed by atoms with Gasteiger partial charge >= 0.3 is 0 Å². The fraction of sp³-hybridized carbons (Fsp3) is 0.211. The molecule has 0 atom stereocenters. The van der Waals surface area contributed by atoms with Gasteiger partial charge in [-0.25, -0.2) is 0 Å². The van der Waals surface area contributed by atoms with Gasteiger partial charge in [0.1, 0.15) is 11.5 Å². The molecule has 0 spiro atoms. The number of phenols is 1. The van der Waals surface area contributed by atoms with Crippen molar-refractivity contribution in [3.63, 3.8) is 0 Å². The molecule has 0 radical (unpaired) electrons. The van der Waals surface area contributed by atoms with Gasteiger partial charge < -0.3 is 19.3 Å². The van der Waals surface area contributed by atoms with Crippen molar-refractivity contribution in [2.45, 2.75) is 6.42 Å². The Kier molecular flexibility index (Phi) is 3.93. The molecular formula is C19H18N2O4. The Morgan fingerprint density at radius 1 is 1.04 bits per heavy atom. The fourth-order valence-corrected chi connectivity index (χ4v) is 2.89. The van der Waals surface area contributed by atoms with Crippen molar-refractivity contribution >= 4 is 0 Å². The maximum atomic E-state index is 10.3. The summed E-state index contributed by atoms with van der Waals surface area (Å²) in [6.45, 7) is 1.28. The maximum absolute atomic E-state index is 10.3. The minimum atomic E-state index is 0.165. The Hall–Kier alpha value is -3.15. The van der Waals surface area contributed by atoms with Gasteiger partial charge in [0, 0.05) is 23.1 Å². The summed E-state index contributed by atoms with van der Waals surface area (Å²) in [5.41, 5.74) is 3.12. The molecule has 2 N–H and O–H groups in total. The summed E-state index contributed by atoms with van der Waals surface area (Å²) >= 11 is 0. The van der Waals surface area contributed by atoms with Crippen LogP contribution in [-0.2, 0) is 0 Å². The number of ether oxygens (including phenoxy) is 3. The van der Waals surface area contributed by atoms with E-state index >= 15 is 0 Å². The summed E-state index contributed by atoms with van der Waals surface area (Å²) in [5, 5.41) is 17.4. The van der Waals surface area contributed by atoms with Crippen molar-refractivity contribution in [2.75, 3.05) is 20.3 Å². The van der Waals surface area contributed by atoms with E-state index in [0.717, 1.165) is 29.0 Å². The van der Waals surface area contributed by atoms with E-state index in [9.17, 15) is 5.11 Å². The Bertz CT molecular complexity index is 904. The van der Waals surface area contributed by atoms with Crippen LogP contribution < -0.4 is 14.2 Å². The van der Waals surface area contributed by atoms with Gasteiger partial charge in [-0.05, 0) is 36.4 Å². The maximum Gasteiger partial charge on any atom is 0.161 e. The molecule has 2 heterocycles. The molecule has 1 aromatic heterocycles. The molecule has 0 bridgehead atoms. The third kappa shape index (κ3) is 2.87. The number of aromatic hydroxyl groups is 1. The molecule has 0 saturated heterocycles. The number of rotatable bonds is 3. The first-order valence-electron chi connectivity index (χ1n) is 8.07. The number of H-pyrrole nitrogens is 1. The first-order chi connectivity index (χ1) is 12.3. The Morgan fingerprint density at radius 3 is 2.72 bits per heavy atom. The summed E-state index contributed by atoms with van der Waals surface area (Å²) in [4.78, 5) is 0. The van der Waals surface area contributed by atoms with E-state index in [-0.39, 0.29) is 5.75 Å². The molecule has 128 valence electrons. The van der Waals surface area contributed by atoms with Gasteiger partial charge in [-0.3, -0.25) is 5.10 Å². The van der Waals surface area contributed by atoms with Gasteiger partial charge in [-0.2, -0.15) is 5.10 Å². The second-order valence-corrected chi connectivity index (χ2v) is 5.75. The predicted molar refractivity (Wildman–Crippen MR) is 93.3 cm³/mol. The van der Waals surface area contributed by atoms with Gasteiger partial charge in [0.2, 0.25) is 0 Å². The van der Waals surface area contributed by atoms with Crippen molar-refractivity contribution in [1.82, 2.24) is 10.2 Å². The molecule has 4 rings (SSSR count). The molecule has 2 aromatic carbocycles. The van der Waals surface area contributed by atoms with Crippen molar-refractivity contribution < 1.29 is 19.3 Å². The smallest absolute Gasteiger partial charge is 0.161 e. The highest BCUT2D eigenvalue weighted by molar-refractivity contribution is 5.84. The second-order valence-electron chi connectivity index (χ2n) is 5.75. The summed E-state index contributed by atoms with van der Waals surface area (Å²) in [7, 11) is 1.59. The Balaban J connectivity index is 1.79. The highest BCUT2D eigenvalue weighted by atomic mass is 16.5. The Labute approximate surface area is 145 Å². The van der Waals surface area contributed by atoms with Crippen molar-refractivity contribution in [3.8, 4) is 45.4 Å². The Morgan fingerprint density at radius 2 is 1.88 bits per heavy atom. The molecule has 0 fully saturated rings. The zero-order valence-electron chi connectivity index (χ0n) is 13.8. The van der Waals surface area contributed by atoms with Crippen LogP contribution in [0.2, 0.25) is 0 Å². The molecule has 0 amide bonds. The molecular weight excluding hydrogens is 320 g/mol. The first kappa shape index (κ1) is 15.4. The highest BCUT2D eigenvalue weighted by Gasteiger charge is 2.17. The van der Waals surface area contributed by atoms with Gasteiger partial charge in [0.05, 0.1) is 32.2 Å². The normalized spacial score (nSPS) is 13.3. The highest BCUT2D eigenvalue weighted by Crippen LogP contribution is 2.40. The molecule has 1 aliphatic rings. The zero-order valence-corrected chi connectivity index (χ0v) is 13.8. The van der Waals surface area contributed by atoms with Crippen LogP contribution in [0, 0.1) is 0 Å². The molecule has 1 aliphatic heterocycles. The lowest BCUT2D eigenvalue weighted by atomic mass is 10.0. The number of benzene rings is 2.